The Balaban J connectivity index is 1.12. The number of ether oxygens (including phenoxy) is 1. The SMILES string of the molecule is COC(=O)N1CCC(N2CC3C(CNC(=O)c4cc(C)c(N)c5ccoc45)C3C2)CC1. The number of methoxy groups -OCH3 is 1. The summed E-state index contributed by atoms with van der Waals surface area (Å²) in [6, 6.07) is 4.17. The molecule has 2 saturated heterocycles. The summed E-state index contributed by atoms with van der Waals surface area (Å²) >= 11 is 0. The molecule has 2 aromatic rings. The third-order valence-corrected chi connectivity index (χ3v) is 7.54. The molecule has 166 valence electrons. The first-order chi connectivity index (χ1) is 15.0. The second-order valence-corrected chi connectivity index (χ2v) is 9.16. The number of aryl methyl sites for hydroxylation is 1. The molecule has 3 N–H and O–H groups in total. The number of fused-ring (bicyclic) bond motifs is 2. The Labute approximate surface area is 181 Å². The molecule has 0 bridgehead atoms. The van der Waals surface area contributed by atoms with Crippen molar-refractivity contribution in [2.24, 2.45) is 17.8 Å². The van der Waals surface area contributed by atoms with Crippen LogP contribution in [-0.4, -0.2) is 67.7 Å². The van der Waals surface area contributed by atoms with Crippen LogP contribution in [0.5, 0.6) is 0 Å². The lowest BCUT2D eigenvalue weighted by Gasteiger charge is -2.37. The number of hydrogen-bond acceptors (Lipinski definition) is 6. The number of nitrogens with two attached hydrogens (primary N) is 1. The average molecular weight is 427 g/mol. The second kappa shape index (κ2) is 7.75. The molecule has 3 fully saturated rings. The van der Waals surface area contributed by atoms with Crippen LogP contribution in [0.4, 0.5) is 10.5 Å². The molecule has 5 rings (SSSR count). The minimum Gasteiger partial charge on any atom is -0.463 e. The van der Waals surface area contributed by atoms with Crippen LogP contribution in [0.1, 0.15) is 28.8 Å². The van der Waals surface area contributed by atoms with Crippen molar-refractivity contribution in [3.05, 3.63) is 29.5 Å². The van der Waals surface area contributed by atoms with Crippen LogP contribution in [0.2, 0.25) is 0 Å². The number of piperidine rings is 2. The maximum absolute atomic E-state index is 12.8. The molecule has 1 aromatic carbocycles. The molecule has 2 atom stereocenters. The van der Waals surface area contributed by atoms with E-state index in [4.69, 9.17) is 14.9 Å². The van der Waals surface area contributed by atoms with E-state index in [1.165, 1.54) is 7.11 Å². The van der Waals surface area contributed by atoms with Gasteiger partial charge in [-0.15, -0.1) is 0 Å². The predicted molar refractivity (Wildman–Crippen MR) is 117 cm³/mol. The van der Waals surface area contributed by atoms with Crippen molar-refractivity contribution in [3.63, 3.8) is 0 Å². The molecule has 2 amide bonds. The number of nitrogen functional groups attached to an aromatic ring is 1. The lowest BCUT2D eigenvalue weighted by molar-refractivity contribution is 0.0855. The maximum atomic E-state index is 12.8. The number of carbonyl (C=O) groups is 2. The highest BCUT2D eigenvalue weighted by Gasteiger charge is 2.56. The number of furan rings is 1. The molecular weight excluding hydrogens is 396 g/mol. The molecular formula is C23H30N4O4. The Kier molecular flexibility index (Phi) is 5.04. The second-order valence-electron chi connectivity index (χ2n) is 9.16. The number of amides is 2. The van der Waals surface area contributed by atoms with Gasteiger partial charge < -0.3 is 25.1 Å². The zero-order valence-corrected chi connectivity index (χ0v) is 18.1. The highest BCUT2D eigenvalue weighted by atomic mass is 16.5. The number of anilines is 1. The first kappa shape index (κ1) is 20.2. The van der Waals surface area contributed by atoms with Gasteiger partial charge in [0.05, 0.1) is 18.9 Å². The average Bonchev–Trinajstić information content (AvgIpc) is 3.16. The van der Waals surface area contributed by atoms with Crippen molar-refractivity contribution in [3.8, 4) is 0 Å². The van der Waals surface area contributed by atoms with Crippen LogP contribution in [0, 0.1) is 24.7 Å². The first-order valence-corrected chi connectivity index (χ1v) is 11.1. The fraction of sp³-hybridized carbons (Fsp3) is 0.565. The minimum absolute atomic E-state index is 0.0972. The molecule has 2 aliphatic heterocycles. The molecule has 8 heteroatoms. The smallest absolute Gasteiger partial charge is 0.409 e. The summed E-state index contributed by atoms with van der Waals surface area (Å²) in [7, 11) is 1.44. The maximum Gasteiger partial charge on any atom is 0.409 e. The number of nitrogens with one attached hydrogen (secondary N) is 1. The summed E-state index contributed by atoms with van der Waals surface area (Å²) in [6.07, 6.45) is 3.37. The number of hydrogen-bond donors (Lipinski definition) is 2. The van der Waals surface area contributed by atoms with E-state index in [-0.39, 0.29) is 12.0 Å². The van der Waals surface area contributed by atoms with Gasteiger partial charge in [0, 0.05) is 49.8 Å². The summed E-state index contributed by atoms with van der Waals surface area (Å²) in [4.78, 5) is 28.9. The molecule has 8 nitrogen and oxygen atoms in total. The zero-order chi connectivity index (χ0) is 21.7. The van der Waals surface area contributed by atoms with Gasteiger partial charge >= 0.3 is 6.09 Å². The third-order valence-electron chi connectivity index (χ3n) is 7.54. The van der Waals surface area contributed by atoms with Crippen molar-refractivity contribution < 1.29 is 18.7 Å². The number of nitrogens with zero attached hydrogens (tertiary/aromatic N) is 2. The first-order valence-electron chi connectivity index (χ1n) is 11.1. The summed E-state index contributed by atoms with van der Waals surface area (Å²) in [5.74, 6) is 1.78. The fourth-order valence-corrected chi connectivity index (χ4v) is 5.60. The standard InChI is InChI=1S/C23H30N4O4/c1-13-9-16(21-15(20(13)24)5-8-31-21)22(28)25-10-17-18-11-27(12-19(17)18)14-3-6-26(7-4-14)23(29)30-2/h5,8-9,14,17-19H,3-4,6-7,10-12,24H2,1-2H3,(H,25,28). The van der Waals surface area contributed by atoms with E-state index < -0.39 is 0 Å². The van der Waals surface area contributed by atoms with Gasteiger partial charge in [0.15, 0.2) is 0 Å². The highest BCUT2D eigenvalue weighted by Crippen LogP contribution is 2.52. The van der Waals surface area contributed by atoms with E-state index in [9.17, 15) is 9.59 Å². The van der Waals surface area contributed by atoms with E-state index >= 15 is 0 Å². The van der Waals surface area contributed by atoms with Crippen molar-refractivity contribution in [2.75, 3.05) is 45.6 Å². The van der Waals surface area contributed by atoms with Gasteiger partial charge in [0.1, 0.15) is 5.58 Å². The number of rotatable bonds is 4. The lowest BCUT2D eigenvalue weighted by Crippen LogP contribution is -2.47. The van der Waals surface area contributed by atoms with Crippen molar-refractivity contribution >= 4 is 28.7 Å². The van der Waals surface area contributed by atoms with E-state index in [2.05, 4.69) is 10.2 Å². The topological polar surface area (TPSA) is 101 Å². The van der Waals surface area contributed by atoms with Crippen LogP contribution in [0.3, 0.4) is 0 Å². The van der Waals surface area contributed by atoms with Crippen LogP contribution in [-0.2, 0) is 4.74 Å². The lowest BCUT2D eigenvalue weighted by atomic mass is 10.0. The van der Waals surface area contributed by atoms with Gasteiger partial charge in [-0.05, 0) is 55.2 Å². The Bertz CT molecular complexity index is 998. The van der Waals surface area contributed by atoms with Crippen molar-refractivity contribution in [1.82, 2.24) is 15.1 Å². The van der Waals surface area contributed by atoms with E-state index in [0.717, 1.165) is 50.0 Å². The fourth-order valence-electron chi connectivity index (χ4n) is 5.60. The van der Waals surface area contributed by atoms with E-state index in [1.54, 1.807) is 11.2 Å². The van der Waals surface area contributed by atoms with Crippen LogP contribution < -0.4 is 11.1 Å². The molecule has 0 radical (unpaired) electrons. The minimum atomic E-state index is -0.221. The zero-order valence-electron chi connectivity index (χ0n) is 18.1. The number of likely N-dealkylation sites (tertiary alicyclic amines) is 2. The van der Waals surface area contributed by atoms with Gasteiger partial charge in [0.25, 0.3) is 5.91 Å². The molecule has 1 aromatic heterocycles. The van der Waals surface area contributed by atoms with Gasteiger partial charge in [-0.1, -0.05) is 0 Å². The quantitative estimate of drug-likeness (QED) is 0.729. The predicted octanol–water partition coefficient (Wildman–Crippen LogP) is 2.46. The van der Waals surface area contributed by atoms with Crippen LogP contribution >= 0.6 is 0 Å². The third kappa shape index (κ3) is 3.52. The largest absolute Gasteiger partial charge is 0.463 e. The Morgan fingerprint density at radius 1 is 1.26 bits per heavy atom. The van der Waals surface area contributed by atoms with Gasteiger partial charge in [-0.2, -0.15) is 0 Å². The number of benzene rings is 1. The summed E-state index contributed by atoms with van der Waals surface area (Å²) in [5.41, 5.74) is 8.76. The Morgan fingerprint density at radius 2 is 1.97 bits per heavy atom. The van der Waals surface area contributed by atoms with Gasteiger partial charge in [-0.3, -0.25) is 9.69 Å². The Hall–Kier alpha value is -2.74. The number of carbonyl (C=O) groups excluding carboxylic acids is 2. The van der Waals surface area contributed by atoms with Gasteiger partial charge in [-0.25, -0.2) is 4.79 Å². The Morgan fingerprint density at radius 3 is 2.65 bits per heavy atom. The normalized spacial score (nSPS) is 26.1. The molecule has 0 spiro atoms. The summed E-state index contributed by atoms with van der Waals surface area (Å²) in [6.45, 7) is 6.34. The van der Waals surface area contributed by atoms with Crippen LogP contribution in [0.15, 0.2) is 22.8 Å². The molecule has 3 heterocycles. The van der Waals surface area contributed by atoms with Crippen LogP contribution in [0.25, 0.3) is 11.0 Å². The van der Waals surface area contributed by atoms with Crippen molar-refractivity contribution in [2.45, 2.75) is 25.8 Å². The van der Waals surface area contributed by atoms with Gasteiger partial charge in [0.2, 0.25) is 0 Å². The molecule has 1 saturated carbocycles. The van der Waals surface area contributed by atoms with E-state index in [0.29, 0.717) is 47.2 Å². The van der Waals surface area contributed by atoms with E-state index in [1.807, 2.05) is 19.1 Å². The molecule has 31 heavy (non-hydrogen) atoms. The molecule has 3 aliphatic rings. The monoisotopic (exact) mass is 426 g/mol. The highest BCUT2D eigenvalue weighted by molar-refractivity contribution is 6.08. The van der Waals surface area contributed by atoms with Crippen molar-refractivity contribution in [1.29, 1.82) is 0 Å². The summed E-state index contributed by atoms with van der Waals surface area (Å²) < 4.78 is 10.4. The summed E-state index contributed by atoms with van der Waals surface area (Å²) in [5, 5.41) is 3.91. The molecule has 2 unspecified atom stereocenters. The molecule has 1 aliphatic carbocycles.